The SMILES string of the molecule is Cc1cc2c(Oc3ccc(NC(=O)C4(C(=O)Nc5ccc(F)cc5)CC4)cc3)ccnc2cc1N1CCC(CN2CCN(CCNc3cccc4c3CN(C3CCC(=O)NC3=O)C4=O)CC2)CC1. The van der Waals surface area contributed by atoms with Gasteiger partial charge in [-0.3, -0.25) is 39.2 Å². The van der Waals surface area contributed by atoms with Crippen molar-refractivity contribution in [3.05, 3.63) is 114 Å². The molecule has 0 radical (unpaired) electrons. The van der Waals surface area contributed by atoms with Gasteiger partial charge in [0.05, 0.1) is 5.52 Å². The number of fused-ring (bicyclic) bond motifs is 2. The van der Waals surface area contributed by atoms with E-state index in [0.29, 0.717) is 60.2 Å². The van der Waals surface area contributed by atoms with Gasteiger partial charge >= 0.3 is 0 Å². The topological polar surface area (TPSA) is 169 Å². The molecule has 1 aliphatic carbocycles. The molecule has 1 unspecified atom stereocenters. The summed E-state index contributed by atoms with van der Waals surface area (Å²) in [6.45, 7) is 11.3. The lowest BCUT2D eigenvalue weighted by Crippen LogP contribution is -2.52. The highest BCUT2D eigenvalue weighted by molar-refractivity contribution is 6.17. The lowest BCUT2D eigenvalue weighted by molar-refractivity contribution is -0.137. The van der Waals surface area contributed by atoms with Crippen molar-refractivity contribution in [2.45, 2.75) is 58.0 Å². The van der Waals surface area contributed by atoms with Crippen molar-refractivity contribution < 1.29 is 33.1 Å². The number of imide groups is 1. The molecule has 4 fully saturated rings. The van der Waals surface area contributed by atoms with Crippen LogP contribution in [0.4, 0.5) is 27.1 Å². The Balaban J connectivity index is 0.667. The van der Waals surface area contributed by atoms with E-state index in [9.17, 15) is 28.4 Å². The van der Waals surface area contributed by atoms with Crippen LogP contribution in [0, 0.1) is 24.1 Å². The average molecular weight is 922 g/mol. The Labute approximate surface area is 394 Å². The molecule has 5 aromatic rings. The Morgan fingerprint density at radius 2 is 1.53 bits per heavy atom. The van der Waals surface area contributed by atoms with Crippen LogP contribution in [-0.4, -0.2) is 114 Å². The molecule has 5 amide bonds. The Morgan fingerprint density at radius 3 is 2.22 bits per heavy atom. The molecule has 68 heavy (non-hydrogen) atoms. The Morgan fingerprint density at radius 1 is 0.838 bits per heavy atom. The van der Waals surface area contributed by atoms with Gasteiger partial charge < -0.3 is 35.4 Å². The number of pyridine rings is 1. The van der Waals surface area contributed by atoms with Crippen molar-refractivity contribution in [1.82, 2.24) is 25.0 Å². The number of benzene rings is 4. The third kappa shape index (κ3) is 9.47. The molecule has 5 heterocycles. The zero-order chi connectivity index (χ0) is 46.9. The monoisotopic (exact) mass is 921 g/mol. The zero-order valence-corrected chi connectivity index (χ0v) is 38.2. The molecule has 5 aliphatic rings. The van der Waals surface area contributed by atoms with Crippen molar-refractivity contribution in [2.75, 3.05) is 79.8 Å². The number of halogens is 1. The van der Waals surface area contributed by atoms with E-state index in [4.69, 9.17) is 9.72 Å². The molecule has 0 spiro atoms. The quantitative estimate of drug-likeness (QED) is 0.0706. The summed E-state index contributed by atoms with van der Waals surface area (Å²) < 4.78 is 19.7. The van der Waals surface area contributed by atoms with E-state index >= 15 is 0 Å². The molecule has 15 nitrogen and oxygen atoms in total. The van der Waals surface area contributed by atoms with Gasteiger partial charge in [0.2, 0.25) is 23.6 Å². The highest BCUT2D eigenvalue weighted by atomic mass is 19.1. The Hall–Kier alpha value is -6.91. The van der Waals surface area contributed by atoms with Crippen LogP contribution < -0.4 is 30.9 Å². The van der Waals surface area contributed by atoms with Gasteiger partial charge in [-0.1, -0.05) is 6.07 Å². The normalized spacial score (nSPS) is 19.7. The highest BCUT2D eigenvalue weighted by Crippen LogP contribution is 2.48. The van der Waals surface area contributed by atoms with Crippen LogP contribution in [0.1, 0.15) is 60.0 Å². The minimum Gasteiger partial charge on any atom is -0.457 e. The molecular weight excluding hydrogens is 866 g/mol. The number of aromatic nitrogens is 1. The summed E-state index contributed by atoms with van der Waals surface area (Å²) in [5.41, 5.74) is 5.50. The maximum Gasteiger partial charge on any atom is 0.255 e. The average Bonchev–Trinajstić information content (AvgIpc) is 4.10. The molecule has 1 saturated carbocycles. The molecule has 4 aliphatic heterocycles. The molecule has 10 rings (SSSR count). The number of nitrogens with one attached hydrogen (secondary N) is 4. The summed E-state index contributed by atoms with van der Waals surface area (Å²) in [7, 11) is 0. The van der Waals surface area contributed by atoms with Crippen molar-refractivity contribution in [3.63, 3.8) is 0 Å². The number of carbonyl (C=O) groups is 5. The number of nitrogens with zero attached hydrogens (tertiary/aromatic N) is 5. The van der Waals surface area contributed by atoms with Crippen LogP contribution in [0.5, 0.6) is 11.5 Å². The van der Waals surface area contributed by atoms with Gasteiger partial charge in [0.1, 0.15) is 28.8 Å². The number of aryl methyl sites for hydroxylation is 1. The third-order valence-corrected chi connectivity index (χ3v) is 14.3. The van der Waals surface area contributed by atoms with Crippen LogP contribution in [0.3, 0.4) is 0 Å². The van der Waals surface area contributed by atoms with E-state index in [1.165, 1.54) is 30.0 Å². The number of ether oxygens (including phenoxy) is 1. The maximum atomic E-state index is 13.3. The summed E-state index contributed by atoms with van der Waals surface area (Å²) in [6.07, 6.45) is 5.48. The van der Waals surface area contributed by atoms with Gasteiger partial charge in [-0.15, -0.1) is 0 Å². The number of amides is 5. The fourth-order valence-electron chi connectivity index (χ4n) is 10.2. The first-order valence-corrected chi connectivity index (χ1v) is 23.8. The summed E-state index contributed by atoms with van der Waals surface area (Å²) in [5, 5.41) is 12.5. The minimum absolute atomic E-state index is 0.158. The van der Waals surface area contributed by atoms with Gasteiger partial charge in [-0.25, -0.2) is 4.39 Å². The lowest BCUT2D eigenvalue weighted by Gasteiger charge is -2.39. The van der Waals surface area contributed by atoms with Crippen LogP contribution >= 0.6 is 0 Å². The van der Waals surface area contributed by atoms with E-state index < -0.39 is 29.1 Å². The number of piperazine rings is 1. The standard InChI is InChI=1S/C52H56FN9O6/c1-33-29-40-43(54-20-15-46(40)68-38-11-9-37(10-12-38)57-51(67)52(18-19-52)50(66)56-36-7-5-35(53)6-8-36)30-45(33)61-22-16-34(17-23-61)31-60-27-25-59(26-28-60)24-21-55-42-4-2-3-39-41(42)32-62(49(39)65)44-13-14-47(63)58-48(44)64/h2-12,15,20,29-30,34,44,55H,13-14,16-19,21-28,31-32H2,1H3,(H,56,66)(H,57,67)(H,58,63,64). The molecule has 16 heteroatoms. The maximum absolute atomic E-state index is 13.3. The number of rotatable bonds is 14. The first kappa shape index (κ1) is 44.9. The molecular formula is C52H56FN9O6. The molecule has 0 bridgehead atoms. The largest absolute Gasteiger partial charge is 0.457 e. The van der Waals surface area contributed by atoms with Crippen molar-refractivity contribution >= 4 is 63.2 Å². The van der Waals surface area contributed by atoms with Gasteiger partial charge in [-0.05, 0) is 129 Å². The fraction of sp³-hybridized carbons (Fsp3) is 0.385. The predicted molar refractivity (Wildman–Crippen MR) is 257 cm³/mol. The fourth-order valence-corrected chi connectivity index (χ4v) is 10.2. The predicted octanol–water partition coefficient (Wildman–Crippen LogP) is 6.54. The Kier molecular flexibility index (Phi) is 12.5. The van der Waals surface area contributed by atoms with Crippen molar-refractivity contribution in [1.29, 1.82) is 0 Å². The molecule has 352 valence electrons. The molecule has 3 saturated heterocycles. The lowest BCUT2D eigenvalue weighted by atomic mass is 9.94. The first-order chi connectivity index (χ1) is 33.0. The molecule has 1 atom stereocenters. The highest BCUT2D eigenvalue weighted by Gasteiger charge is 2.56. The summed E-state index contributed by atoms with van der Waals surface area (Å²) in [4.78, 5) is 77.6. The van der Waals surface area contributed by atoms with Gasteiger partial charge in [-0.2, -0.15) is 0 Å². The van der Waals surface area contributed by atoms with Gasteiger partial charge in [0.25, 0.3) is 5.91 Å². The summed E-state index contributed by atoms with van der Waals surface area (Å²) in [6, 6.07) is 23.8. The number of carbonyl (C=O) groups excluding carboxylic acids is 5. The smallest absolute Gasteiger partial charge is 0.255 e. The van der Waals surface area contributed by atoms with E-state index in [-0.39, 0.29) is 24.1 Å². The van der Waals surface area contributed by atoms with Crippen LogP contribution in [0.2, 0.25) is 0 Å². The van der Waals surface area contributed by atoms with Crippen LogP contribution in [-0.2, 0) is 25.7 Å². The summed E-state index contributed by atoms with van der Waals surface area (Å²) >= 11 is 0. The number of piperidine rings is 2. The van der Waals surface area contributed by atoms with Gasteiger partial charge in [0, 0.05) is 117 Å². The second kappa shape index (κ2) is 19.0. The van der Waals surface area contributed by atoms with E-state index in [1.807, 2.05) is 24.3 Å². The van der Waals surface area contributed by atoms with Crippen LogP contribution in [0.25, 0.3) is 10.9 Å². The molecule has 4 aromatic carbocycles. The molecule has 4 N–H and O–H groups in total. The zero-order valence-electron chi connectivity index (χ0n) is 38.2. The van der Waals surface area contributed by atoms with Crippen LogP contribution in [0.15, 0.2) is 91.1 Å². The van der Waals surface area contributed by atoms with Crippen molar-refractivity contribution in [3.8, 4) is 11.5 Å². The third-order valence-electron chi connectivity index (χ3n) is 14.3. The van der Waals surface area contributed by atoms with Gasteiger partial charge in [0.15, 0.2) is 0 Å². The number of hydrogen-bond acceptors (Lipinski definition) is 11. The second-order valence-corrected chi connectivity index (χ2v) is 18.8. The van der Waals surface area contributed by atoms with E-state index in [2.05, 4.69) is 55.0 Å². The minimum atomic E-state index is -1.16. The Bertz CT molecular complexity index is 2750. The summed E-state index contributed by atoms with van der Waals surface area (Å²) in [5.74, 6) is -0.104. The van der Waals surface area contributed by atoms with Crippen molar-refractivity contribution in [2.24, 2.45) is 11.3 Å². The number of hydrogen-bond donors (Lipinski definition) is 4. The van der Waals surface area contributed by atoms with E-state index in [1.54, 1.807) is 35.4 Å². The second-order valence-electron chi connectivity index (χ2n) is 18.8. The molecule has 1 aromatic heterocycles. The first-order valence-electron chi connectivity index (χ1n) is 23.8. The van der Waals surface area contributed by atoms with E-state index in [0.717, 1.165) is 99.5 Å². The number of anilines is 4.